The predicted octanol–water partition coefficient (Wildman–Crippen LogP) is 2.41. The summed E-state index contributed by atoms with van der Waals surface area (Å²) >= 11 is 5.60. The van der Waals surface area contributed by atoms with Gasteiger partial charge in [0.25, 0.3) is 0 Å². The van der Waals surface area contributed by atoms with Crippen molar-refractivity contribution < 1.29 is 23.1 Å². The van der Waals surface area contributed by atoms with Crippen LogP contribution in [0, 0.1) is 5.92 Å². The predicted molar refractivity (Wildman–Crippen MR) is 64.4 cm³/mol. The standard InChI is InChI=1S/C12H10ClF2NO3/c13-6-7-5-10(17)16(11(7)18)8-1-3-9(4-2-8)19-12(14)15/h1-4,7,12H,5-6H2. The van der Waals surface area contributed by atoms with Crippen LogP contribution in [0.3, 0.4) is 0 Å². The van der Waals surface area contributed by atoms with Crippen LogP contribution in [0.1, 0.15) is 6.42 Å². The molecule has 1 aromatic rings. The number of ether oxygens (including phenoxy) is 1. The number of benzene rings is 1. The van der Waals surface area contributed by atoms with Crippen LogP contribution in [0.25, 0.3) is 0 Å². The lowest BCUT2D eigenvalue weighted by molar-refractivity contribution is -0.122. The minimum atomic E-state index is -2.92. The van der Waals surface area contributed by atoms with Gasteiger partial charge < -0.3 is 4.74 Å². The van der Waals surface area contributed by atoms with Crippen LogP contribution in [0.15, 0.2) is 24.3 Å². The van der Waals surface area contributed by atoms with E-state index in [4.69, 9.17) is 11.6 Å². The SMILES string of the molecule is O=C1CC(CCl)C(=O)N1c1ccc(OC(F)F)cc1. The number of amides is 2. The highest BCUT2D eigenvalue weighted by Crippen LogP contribution is 2.28. The number of alkyl halides is 3. The maximum absolute atomic E-state index is 12.0. The van der Waals surface area contributed by atoms with Gasteiger partial charge in [0.15, 0.2) is 0 Å². The maximum atomic E-state index is 12.0. The van der Waals surface area contributed by atoms with Crippen LogP contribution in [-0.4, -0.2) is 24.3 Å². The van der Waals surface area contributed by atoms with Gasteiger partial charge >= 0.3 is 6.61 Å². The summed E-state index contributed by atoms with van der Waals surface area (Å²) in [7, 11) is 0. The van der Waals surface area contributed by atoms with E-state index in [9.17, 15) is 18.4 Å². The average molecular weight is 290 g/mol. The van der Waals surface area contributed by atoms with E-state index in [0.717, 1.165) is 4.90 Å². The Morgan fingerprint density at radius 1 is 1.32 bits per heavy atom. The average Bonchev–Trinajstić information content (AvgIpc) is 2.65. The smallest absolute Gasteiger partial charge is 0.387 e. The second kappa shape index (κ2) is 5.52. The summed E-state index contributed by atoms with van der Waals surface area (Å²) in [6.45, 7) is -2.92. The topological polar surface area (TPSA) is 46.6 Å². The first kappa shape index (κ1) is 13.7. The second-order valence-electron chi connectivity index (χ2n) is 4.00. The molecule has 1 unspecified atom stereocenters. The quantitative estimate of drug-likeness (QED) is 0.632. The Balaban J connectivity index is 2.18. The normalized spacial score (nSPS) is 19.4. The van der Waals surface area contributed by atoms with Crippen LogP contribution in [0.5, 0.6) is 5.75 Å². The highest BCUT2D eigenvalue weighted by atomic mass is 35.5. The molecule has 7 heteroatoms. The Morgan fingerprint density at radius 2 is 1.95 bits per heavy atom. The summed E-state index contributed by atoms with van der Waals surface area (Å²) in [5.74, 6) is -1.20. The van der Waals surface area contributed by atoms with Gasteiger partial charge in [0.05, 0.1) is 11.6 Å². The van der Waals surface area contributed by atoms with Crippen molar-refractivity contribution in [3.8, 4) is 5.75 Å². The number of carbonyl (C=O) groups is 2. The molecule has 0 radical (unpaired) electrons. The van der Waals surface area contributed by atoms with Crippen molar-refractivity contribution in [1.29, 1.82) is 0 Å². The highest BCUT2D eigenvalue weighted by Gasteiger charge is 2.38. The molecule has 0 saturated carbocycles. The van der Waals surface area contributed by atoms with Crippen LogP contribution in [0.2, 0.25) is 0 Å². The molecule has 0 N–H and O–H groups in total. The molecular formula is C12H10ClF2NO3. The number of hydrogen-bond acceptors (Lipinski definition) is 3. The third-order valence-corrected chi connectivity index (χ3v) is 3.12. The maximum Gasteiger partial charge on any atom is 0.387 e. The van der Waals surface area contributed by atoms with E-state index in [1.54, 1.807) is 0 Å². The molecule has 0 spiro atoms. The Kier molecular flexibility index (Phi) is 3.99. The molecule has 4 nitrogen and oxygen atoms in total. The lowest BCUT2D eigenvalue weighted by Gasteiger charge is -2.15. The van der Waals surface area contributed by atoms with Crippen molar-refractivity contribution in [2.24, 2.45) is 5.92 Å². The number of anilines is 1. The first-order chi connectivity index (χ1) is 9.02. The molecule has 1 aliphatic heterocycles. The largest absolute Gasteiger partial charge is 0.435 e. The monoisotopic (exact) mass is 289 g/mol. The van der Waals surface area contributed by atoms with Crippen LogP contribution >= 0.6 is 11.6 Å². The molecule has 0 aromatic heterocycles. The van der Waals surface area contributed by atoms with E-state index in [1.807, 2.05) is 0 Å². The lowest BCUT2D eigenvalue weighted by Crippen LogP contribution is -2.30. The van der Waals surface area contributed by atoms with Gasteiger partial charge in [0.2, 0.25) is 11.8 Å². The third-order valence-electron chi connectivity index (χ3n) is 2.75. The van der Waals surface area contributed by atoms with Crippen LogP contribution in [-0.2, 0) is 9.59 Å². The zero-order chi connectivity index (χ0) is 14.0. The van der Waals surface area contributed by atoms with Crippen molar-refractivity contribution in [2.75, 3.05) is 10.8 Å². The van der Waals surface area contributed by atoms with Crippen LogP contribution < -0.4 is 9.64 Å². The van der Waals surface area contributed by atoms with Crippen molar-refractivity contribution >= 4 is 29.1 Å². The summed E-state index contributed by atoms with van der Waals surface area (Å²) in [4.78, 5) is 24.6. The van der Waals surface area contributed by atoms with Gasteiger partial charge in [0.1, 0.15) is 5.75 Å². The van der Waals surface area contributed by atoms with Gasteiger partial charge in [0, 0.05) is 12.3 Å². The Hall–Kier alpha value is -1.69. The van der Waals surface area contributed by atoms with Gasteiger partial charge in [-0.15, -0.1) is 11.6 Å². The number of imide groups is 1. The van der Waals surface area contributed by atoms with E-state index in [2.05, 4.69) is 4.74 Å². The molecule has 102 valence electrons. The Morgan fingerprint density at radius 3 is 2.42 bits per heavy atom. The minimum absolute atomic E-state index is 0.0354. The first-order valence-corrected chi connectivity index (χ1v) is 6.04. The molecule has 2 amide bonds. The van der Waals surface area contributed by atoms with E-state index in [1.165, 1.54) is 24.3 Å². The van der Waals surface area contributed by atoms with Gasteiger partial charge in [-0.25, -0.2) is 0 Å². The Labute approximate surface area is 112 Å². The fourth-order valence-corrected chi connectivity index (χ4v) is 2.10. The highest BCUT2D eigenvalue weighted by molar-refractivity contribution is 6.25. The van der Waals surface area contributed by atoms with Gasteiger partial charge in [-0.2, -0.15) is 8.78 Å². The van der Waals surface area contributed by atoms with Crippen molar-refractivity contribution in [3.05, 3.63) is 24.3 Å². The molecule has 1 aromatic carbocycles. The molecule has 1 saturated heterocycles. The van der Waals surface area contributed by atoms with Gasteiger partial charge in [-0.3, -0.25) is 14.5 Å². The molecule has 1 heterocycles. The number of nitrogens with zero attached hydrogens (tertiary/aromatic N) is 1. The fraction of sp³-hybridized carbons (Fsp3) is 0.333. The van der Waals surface area contributed by atoms with Crippen molar-refractivity contribution in [3.63, 3.8) is 0 Å². The molecule has 1 aliphatic rings. The van der Waals surface area contributed by atoms with E-state index in [0.29, 0.717) is 5.69 Å². The van der Waals surface area contributed by atoms with E-state index >= 15 is 0 Å². The third kappa shape index (κ3) is 2.84. The Bertz CT molecular complexity index is 492. The lowest BCUT2D eigenvalue weighted by atomic mass is 10.1. The molecule has 1 atom stereocenters. The molecule has 0 bridgehead atoms. The first-order valence-electron chi connectivity index (χ1n) is 5.50. The molecular weight excluding hydrogens is 280 g/mol. The number of rotatable bonds is 4. The minimum Gasteiger partial charge on any atom is -0.435 e. The summed E-state index contributed by atoms with van der Waals surface area (Å²) in [6.07, 6.45) is 0.0671. The second-order valence-corrected chi connectivity index (χ2v) is 4.30. The van der Waals surface area contributed by atoms with Gasteiger partial charge in [-0.1, -0.05) is 0 Å². The molecule has 19 heavy (non-hydrogen) atoms. The fourth-order valence-electron chi connectivity index (χ4n) is 1.86. The van der Waals surface area contributed by atoms with Crippen molar-refractivity contribution in [1.82, 2.24) is 0 Å². The summed E-state index contributed by atoms with van der Waals surface area (Å²) < 4.78 is 28.2. The zero-order valence-electron chi connectivity index (χ0n) is 9.68. The molecule has 1 fully saturated rings. The molecule has 2 rings (SSSR count). The number of halogens is 3. The summed E-state index contributed by atoms with van der Waals surface area (Å²) in [5, 5.41) is 0. The number of carbonyl (C=O) groups excluding carboxylic acids is 2. The van der Waals surface area contributed by atoms with Gasteiger partial charge in [-0.05, 0) is 24.3 Å². The van der Waals surface area contributed by atoms with Crippen molar-refractivity contribution in [2.45, 2.75) is 13.0 Å². The molecule has 0 aliphatic carbocycles. The zero-order valence-corrected chi connectivity index (χ0v) is 10.4. The van der Waals surface area contributed by atoms with E-state index in [-0.39, 0.29) is 29.9 Å². The summed E-state index contributed by atoms with van der Waals surface area (Å²) in [5.41, 5.74) is 0.323. The summed E-state index contributed by atoms with van der Waals surface area (Å²) in [6, 6.07) is 5.31. The van der Waals surface area contributed by atoms with Crippen LogP contribution in [0.4, 0.5) is 14.5 Å². The number of hydrogen-bond donors (Lipinski definition) is 0. The van der Waals surface area contributed by atoms with E-state index < -0.39 is 12.5 Å².